The predicted molar refractivity (Wildman–Crippen MR) is 157 cm³/mol. The maximum Gasteiger partial charge on any atom is 0.283 e. The molecule has 9 nitrogen and oxygen atoms in total. The highest BCUT2D eigenvalue weighted by Crippen LogP contribution is 2.38. The van der Waals surface area contributed by atoms with Crippen LogP contribution in [0.25, 0.3) is 0 Å². The quantitative estimate of drug-likeness (QED) is 0.253. The fourth-order valence-corrected chi connectivity index (χ4v) is 6.28. The van der Waals surface area contributed by atoms with Gasteiger partial charge in [0.2, 0.25) is 0 Å². The third-order valence-electron chi connectivity index (χ3n) is 6.02. The summed E-state index contributed by atoms with van der Waals surface area (Å²) in [6.45, 7) is 0. The Morgan fingerprint density at radius 2 is 1.54 bits per heavy atom. The van der Waals surface area contributed by atoms with Crippen molar-refractivity contribution in [1.82, 2.24) is 0 Å². The topological polar surface area (TPSA) is 129 Å². The molecule has 0 bridgehead atoms. The average molecular weight is 583 g/mol. The number of thioether (sulfide) groups is 1. The van der Waals surface area contributed by atoms with Crippen molar-refractivity contribution in [3.8, 4) is 11.8 Å². The number of ether oxygens (including phenoxy) is 1. The van der Waals surface area contributed by atoms with E-state index in [4.69, 9.17) is 4.74 Å². The molecule has 204 valence electrons. The van der Waals surface area contributed by atoms with Crippen LogP contribution in [0.1, 0.15) is 5.56 Å². The number of carbonyl (C=O) groups excluding carboxylic acids is 2. The molecule has 0 saturated carbocycles. The van der Waals surface area contributed by atoms with Gasteiger partial charge in [0, 0.05) is 16.3 Å². The molecular formula is C30H22N4O5S2. The summed E-state index contributed by atoms with van der Waals surface area (Å²) in [5.74, 6) is -0.406. The van der Waals surface area contributed by atoms with Gasteiger partial charge in [0.1, 0.15) is 27.3 Å². The molecule has 4 aromatic rings. The second kappa shape index (κ2) is 11.6. The number of nitriles is 1. The van der Waals surface area contributed by atoms with E-state index < -0.39 is 21.8 Å². The lowest BCUT2D eigenvalue weighted by Gasteiger charge is -2.15. The second-order valence-corrected chi connectivity index (χ2v) is 11.4. The van der Waals surface area contributed by atoms with Gasteiger partial charge in [-0.25, -0.2) is 13.3 Å². The van der Waals surface area contributed by atoms with E-state index in [9.17, 15) is 23.3 Å². The lowest BCUT2D eigenvalue weighted by molar-refractivity contribution is -0.120. The van der Waals surface area contributed by atoms with Gasteiger partial charge in [-0.05, 0) is 66.7 Å². The molecule has 0 radical (unpaired) electrons. The van der Waals surface area contributed by atoms with Crippen molar-refractivity contribution >= 4 is 50.7 Å². The highest BCUT2D eigenvalue weighted by atomic mass is 32.2. The fourth-order valence-electron chi connectivity index (χ4n) is 4.09. The number of methoxy groups -OCH3 is 1. The molecule has 0 saturated heterocycles. The number of para-hydroxylation sites is 1. The van der Waals surface area contributed by atoms with Crippen LogP contribution < -0.4 is 19.7 Å². The summed E-state index contributed by atoms with van der Waals surface area (Å²) in [6.07, 6.45) is 0. The van der Waals surface area contributed by atoms with Gasteiger partial charge in [-0.15, -0.1) is 0 Å². The van der Waals surface area contributed by atoms with E-state index in [1.165, 1.54) is 18.2 Å². The lowest BCUT2D eigenvalue weighted by atomic mass is 10.2. The largest absolute Gasteiger partial charge is 0.497 e. The third-order valence-corrected chi connectivity index (χ3v) is 8.53. The van der Waals surface area contributed by atoms with Crippen LogP contribution in [0.15, 0.2) is 124 Å². The number of hydrogen-bond acceptors (Lipinski definition) is 8. The van der Waals surface area contributed by atoms with E-state index >= 15 is 0 Å². The molecule has 2 amide bonds. The number of hydrogen-bond donors (Lipinski definition) is 2. The second-order valence-electron chi connectivity index (χ2n) is 8.68. The molecule has 0 aromatic heterocycles. The van der Waals surface area contributed by atoms with Crippen LogP contribution in [0.3, 0.4) is 0 Å². The van der Waals surface area contributed by atoms with Gasteiger partial charge < -0.3 is 10.1 Å². The van der Waals surface area contributed by atoms with E-state index in [-0.39, 0.29) is 26.7 Å². The Morgan fingerprint density at radius 3 is 2.24 bits per heavy atom. The van der Waals surface area contributed by atoms with Crippen LogP contribution in [0, 0.1) is 11.3 Å². The van der Waals surface area contributed by atoms with Crippen LogP contribution in [0.4, 0.5) is 17.1 Å². The van der Waals surface area contributed by atoms with Crippen LogP contribution in [-0.4, -0.2) is 27.3 Å². The van der Waals surface area contributed by atoms with E-state index in [0.717, 1.165) is 16.7 Å². The van der Waals surface area contributed by atoms with Crippen LogP contribution in [-0.2, 0) is 19.6 Å². The lowest BCUT2D eigenvalue weighted by Crippen LogP contribution is -2.32. The number of nitrogens with zero attached hydrogens (tertiary/aromatic N) is 2. The van der Waals surface area contributed by atoms with Crippen LogP contribution >= 0.6 is 11.8 Å². The van der Waals surface area contributed by atoms with Crippen molar-refractivity contribution in [2.24, 2.45) is 0 Å². The summed E-state index contributed by atoms with van der Waals surface area (Å²) in [4.78, 5) is 28.8. The Balaban J connectivity index is 1.48. The summed E-state index contributed by atoms with van der Waals surface area (Å²) < 4.78 is 33.8. The van der Waals surface area contributed by atoms with Crippen molar-refractivity contribution in [2.75, 3.05) is 22.0 Å². The van der Waals surface area contributed by atoms with Gasteiger partial charge >= 0.3 is 0 Å². The monoisotopic (exact) mass is 582 g/mol. The normalized spacial score (nSPS) is 13.2. The Bertz CT molecular complexity index is 1820. The highest BCUT2D eigenvalue weighted by Gasteiger charge is 2.40. The molecule has 4 aromatic carbocycles. The molecule has 0 unspecified atom stereocenters. The minimum Gasteiger partial charge on any atom is -0.497 e. The van der Waals surface area contributed by atoms with E-state index in [1.54, 1.807) is 92.0 Å². The van der Waals surface area contributed by atoms with Crippen molar-refractivity contribution in [2.45, 2.75) is 9.79 Å². The molecule has 1 aliphatic heterocycles. The van der Waals surface area contributed by atoms with Gasteiger partial charge in [-0.3, -0.25) is 14.3 Å². The van der Waals surface area contributed by atoms with Crippen molar-refractivity contribution in [3.05, 3.63) is 119 Å². The highest BCUT2D eigenvalue weighted by molar-refractivity contribution is 8.04. The molecule has 0 fully saturated rings. The molecule has 41 heavy (non-hydrogen) atoms. The van der Waals surface area contributed by atoms with E-state index in [2.05, 4.69) is 10.0 Å². The summed E-state index contributed by atoms with van der Waals surface area (Å²) in [5.41, 5.74) is 1.33. The van der Waals surface area contributed by atoms with E-state index in [1.807, 2.05) is 6.07 Å². The summed E-state index contributed by atoms with van der Waals surface area (Å²) in [6, 6.07) is 29.7. The SMILES string of the molecule is COc1ccc(NC2=C(Sc3cccc(NS(=O)(=O)c4ccccc4C#N)c3)C(=O)N(c3ccccc3)C2=O)cc1. The molecule has 11 heteroatoms. The predicted octanol–water partition coefficient (Wildman–Crippen LogP) is 5.36. The summed E-state index contributed by atoms with van der Waals surface area (Å²) in [5, 5.41) is 12.4. The smallest absolute Gasteiger partial charge is 0.283 e. The fraction of sp³-hybridized carbons (Fsp3) is 0.0333. The first-order valence-electron chi connectivity index (χ1n) is 12.2. The summed E-state index contributed by atoms with van der Waals surface area (Å²) in [7, 11) is -2.52. The number of anilines is 3. The minimum absolute atomic E-state index is 0.0148. The molecule has 0 aliphatic carbocycles. The standard InChI is InChI=1S/C30H22N4O5S2/c1-39-24-16-14-21(15-17-24)32-27-28(30(36)34(29(27)35)23-10-3-2-4-11-23)40-25-12-7-9-22(18-25)33-41(37,38)26-13-6-5-8-20(26)19-31/h2-18,32-33H,1H3. The zero-order valence-corrected chi connectivity index (χ0v) is 23.2. The zero-order valence-electron chi connectivity index (χ0n) is 21.6. The van der Waals surface area contributed by atoms with Gasteiger partial charge in [0.25, 0.3) is 21.8 Å². The summed E-state index contributed by atoms with van der Waals surface area (Å²) >= 11 is 1.03. The Kier molecular flexibility index (Phi) is 7.78. The van der Waals surface area contributed by atoms with Gasteiger partial charge in [0.05, 0.1) is 18.4 Å². The van der Waals surface area contributed by atoms with Crippen molar-refractivity contribution in [1.29, 1.82) is 5.26 Å². The molecule has 0 atom stereocenters. The number of sulfonamides is 1. The number of nitrogens with one attached hydrogen (secondary N) is 2. The molecule has 1 aliphatic rings. The number of imide groups is 1. The van der Waals surface area contributed by atoms with Crippen LogP contribution in [0.5, 0.6) is 5.75 Å². The molecular weight excluding hydrogens is 560 g/mol. The van der Waals surface area contributed by atoms with E-state index in [0.29, 0.717) is 22.0 Å². The molecule has 5 rings (SSSR count). The number of rotatable bonds is 9. The third kappa shape index (κ3) is 5.79. The molecule has 2 N–H and O–H groups in total. The zero-order chi connectivity index (χ0) is 29.0. The van der Waals surface area contributed by atoms with Crippen molar-refractivity contribution < 1.29 is 22.7 Å². The Hall–Kier alpha value is -5.05. The van der Waals surface area contributed by atoms with Gasteiger partial charge in [0.15, 0.2) is 0 Å². The first-order chi connectivity index (χ1) is 19.8. The van der Waals surface area contributed by atoms with Gasteiger partial charge in [-0.1, -0.05) is 48.2 Å². The first kappa shape index (κ1) is 27.5. The van der Waals surface area contributed by atoms with Crippen LogP contribution in [0.2, 0.25) is 0 Å². The average Bonchev–Trinajstić information content (AvgIpc) is 3.21. The van der Waals surface area contributed by atoms with Gasteiger partial charge in [-0.2, -0.15) is 5.26 Å². The maximum atomic E-state index is 13.6. The molecule has 0 spiro atoms. The minimum atomic E-state index is -4.07. The first-order valence-corrected chi connectivity index (χ1v) is 14.5. The Morgan fingerprint density at radius 1 is 0.829 bits per heavy atom. The number of benzene rings is 4. The number of carbonyl (C=O) groups is 2. The number of amides is 2. The Labute approximate surface area is 241 Å². The molecule has 1 heterocycles. The van der Waals surface area contributed by atoms with Crippen molar-refractivity contribution in [3.63, 3.8) is 0 Å². The maximum absolute atomic E-state index is 13.6.